The number of hydrogen-bond donors (Lipinski definition) is 4. The van der Waals surface area contributed by atoms with Gasteiger partial charge >= 0.3 is 5.97 Å². The number of hydrogen-bond acceptors (Lipinski definition) is 6. The number of nitrogens with zero attached hydrogens (tertiary/aromatic N) is 1. The van der Waals surface area contributed by atoms with E-state index in [0.717, 1.165) is 49.8 Å². The second-order valence-corrected chi connectivity index (χ2v) is 10.6. The highest BCUT2D eigenvalue weighted by molar-refractivity contribution is 8.22. The number of rotatable bonds is 10. The normalized spacial score (nSPS) is 17.7. The van der Waals surface area contributed by atoms with Crippen molar-refractivity contribution in [3.63, 3.8) is 0 Å². The SMILES string of the molecule is CCCCC1(CCCC)CN(c2ccccc2)c2cc(C)c(OCC(=O)O)cc2S(O)(O)N1. The fraction of sp³-hybridized carbons (Fsp3) is 0.480. The zero-order valence-electron chi connectivity index (χ0n) is 19.7. The third-order valence-electron chi connectivity index (χ3n) is 6.11. The van der Waals surface area contributed by atoms with Crippen molar-refractivity contribution >= 4 is 28.1 Å². The summed E-state index contributed by atoms with van der Waals surface area (Å²) in [5.74, 6) is -0.751. The molecule has 0 atom stereocenters. The highest BCUT2D eigenvalue weighted by atomic mass is 32.3. The van der Waals surface area contributed by atoms with Crippen LogP contribution in [0.25, 0.3) is 0 Å². The van der Waals surface area contributed by atoms with Crippen LogP contribution >= 0.6 is 10.8 Å². The number of aliphatic carboxylic acids is 1. The lowest BCUT2D eigenvalue weighted by Gasteiger charge is -2.43. The number of unbranched alkanes of at least 4 members (excludes halogenated alkanes) is 2. The van der Waals surface area contributed by atoms with Gasteiger partial charge < -0.3 is 14.7 Å². The van der Waals surface area contributed by atoms with Gasteiger partial charge in [-0.05, 0) is 43.5 Å². The van der Waals surface area contributed by atoms with E-state index in [2.05, 4.69) is 23.5 Å². The minimum atomic E-state index is -3.38. The molecule has 0 saturated heterocycles. The molecule has 3 rings (SSSR count). The van der Waals surface area contributed by atoms with Crippen LogP contribution in [0, 0.1) is 6.92 Å². The maximum absolute atomic E-state index is 11.4. The van der Waals surface area contributed by atoms with Gasteiger partial charge in [0.1, 0.15) is 10.6 Å². The molecule has 0 radical (unpaired) electrons. The van der Waals surface area contributed by atoms with Gasteiger partial charge in [-0.2, -0.15) is 0 Å². The van der Waals surface area contributed by atoms with Crippen molar-refractivity contribution in [2.24, 2.45) is 0 Å². The van der Waals surface area contributed by atoms with Crippen LogP contribution < -0.4 is 14.4 Å². The van der Waals surface area contributed by atoms with Crippen LogP contribution in [0.1, 0.15) is 57.9 Å². The Kier molecular flexibility index (Phi) is 8.28. The summed E-state index contributed by atoms with van der Waals surface area (Å²) in [6, 6.07) is 13.4. The quantitative estimate of drug-likeness (QED) is 0.317. The summed E-state index contributed by atoms with van der Waals surface area (Å²) in [5, 5.41) is 9.04. The van der Waals surface area contributed by atoms with Crippen LogP contribution in [0.2, 0.25) is 0 Å². The van der Waals surface area contributed by atoms with E-state index in [1.165, 1.54) is 0 Å². The maximum atomic E-state index is 11.4. The Morgan fingerprint density at radius 3 is 2.33 bits per heavy atom. The summed E-state index contributed by atoms with van der Waals surface area (Å²) in [6.07, 6.45) is 5.60. The molecule has 0 saturated carbocycles. The van der Waals surface area contributed by atoms with Crippen molar-refractivity contribution in [2.75, 3.05) is 18.1 Å². The number of aryl methyl sites for hydroxylation is 1. The molecule has 1 heterocycles. The minimum Gasteiger partial charge on any atom is -0.482 e. The summed E-state index contributed by atoms with van der Waals surface area (Å²) in [7, 11) is -3.38. The number of nitrogens with one attached hydrogen (secondary N) is 1. The van der Waals surface area contributed by atoms with E-state index >= 15 is 0 Å². The Balaban J connectivity index is 2.17. The Morgan fingerprint density at radius 1 is 1.12 bits per heavy atom. The highest BCUT2D eigenvalue weighted by Crippen LogP contribution is 2.56. The molecule has 0 fully saturated rings. The molecule has 1 aliphatic rings. The average Bonchev–Trinajstić information content (AvgIpc) is 2.87. The first kappa shape index (κ1) is 25.4. The zero-order chi connectivity index (χ0) is 24.1. The van der Waals surface area contributed by atoms with Gasteiger partial charge in [0.25, 0.3) is 0 Å². The molecule has 0 aromatic heterocycles. The number of carboxylic acid groups (broad SMARTS) is 1. The van der Waals surface area contributed by atoms with Gasteiger partial charge in [0.15, 0.2) is 6.61 Å². The number of carboxylic acids is 1. The highest BCUT2D eigenvalue weighted by Gasteiger charge is 2.42. The topological polar surface area (TPSA) is 102 Å². The lowest BCUT2D eigenvalue weighted by molar-refractivity contribution is -0.139. The van der Waals surface area contributed by atoms with Crippen molar-refractivity contribution in [2.45, 2.75) is 69.7 Å². The monoisotopic (exact) mass is 476 g/mol. The third-order valence-corrected chi connectivity index (χ3v) is 7.77. The number of benzene rings is 2. The van der Waals surface area contributed by atoms with Gasteiger partial charge in [-0.25, -0.2) is 9.52 Å². The van der Waals surface area contributed by atoms with E-state index in [1.807, 2.05) is 43.3 Å². The smallest absolute Gasteiger partial charge is 0.341 e. The lowest BCUT2D eigenvalue weighted by atomic mass is 9.87. The molecule has 7 nitrogen and oxygen atoms in total. The van der Waals surface area contributed by atoms with E-state index in [4.69, 9.17) is 9.84 Å². The number of para-hydroxylation sites is 1. The van der Waals surface area contributed by atoms with E-state index in [0.29, 0.717) is 22.9 Å². The summed E-state index contributed by atoms with van der Waals surface area (Å²) in [5.41, 5.74) is 1.91. The summed E-state index contributed by atoms with van der Waals surface area (Å²) < 4.78 is 31.6. The molecular formula is C25H36N2O5S. The maximum Gasteiger partial charge on any atom is 0.341 e. The van der Waals surface area contributed by atoms with Crippen molar-refractivity contribution in [3.05, 3.63) is 48.0 Å². The number of ether oxygens (including phenoxy) is 1. The van der Waals surface area contributed by atoms with E-state index in [1.54, 1.807) is 6.07 Å². The lowest BCUT2D eigenvalue weighted by Crippen LogP contribution is -2.51. The first-order chi connectivity index (χ1) is 15.7. The molecule has 182 valence electrons. The predicted octanol–water partition coefficient (Wildman–Crippen LogP) is 6.34. The molecule has 0 unspecified atom stereocenters. The van der Waals surface area contributed by atoms with Gasteiger partial charge in [0.2, 0.25) is 0 Å². The second-order valence-electron chi connectivity index (χ2n) is 8.83. The molecule has 0 bridgehead atoms. The van der Waals surface area contributed by atoms with Crippen LogP contribution in [0.5, 0.6) is 5.75 Å². The predicted molar refractivity (Wildman–Crippen MR) is 134 cm³/mol. The Hall–Kier alpha value is -2.26. The van der Waals surface area contributed by atoms with Gasteiger partial charge in [-0.1, -0.05) is 57.7 Å². The minimum absolute atomic E-state index is 0.326. The van der Waals surface area contributed by atoms with Crippen molar-refractivity contribution < 1.29 is 23.7 Å². The largest absolute Gasteiger partial charge is 0.482 e. The first-order valence-electron chi connectivity index (χ1n) is 11.6. The average molecular weight is 477 g/mol. The number of fused-ring (bicyclic) bond motifs is 1. The first-order valence-corrected chi connectivity index (χ1v) is 13.1. The second kappa shape index (κ2) is 10.8. The Morgan fingerprint density at radius 2 is 1.76 bits per heavy atom. The number of anilines is 2. The van der Waals surface area contributed by atoms with Crippen LogP contribution in [0.15, 0.2) is 47.4 Å². The summed E-state index contributed by atoms with van der Waals surface area (Å²) in [6.45, 7) is 6.22. The zero-order valence-corrected chi connectivity index (χ0v) is 20.5. The Labute approximate surface area is 198 Å². The van der Waals surface area contributed by atoms with Crippen molar-refractivity contribution in [1.82, 2.24) is 4.72 Å². The molecule has 1 aliphatic heterocycles. The Bertz CT molecular complexity index is 943. The summed E-state index contributed by atoms with van der Waals surface area (Å²) >= 11 is 0. The number of carbonyl (C=O) groups is 1. The van der Waals surface area contributed by atoms with E-state index in [-0.39, 0.29) is 0 Å². The standard InChI is InChI=1S/C25H36N2O5S/c1-4-6-13-25(14-7-5-2)18-27(20-11-9-8-10-12-20)21-15-19(3)22(32-17-24(28)29)16-23(21)33(30,31)26-25/h8-12,15-16,26,30-31H,4-7,13-14,17-18H2,1-3H3,(H,28,29). The molecule has 8 heteroatoms. The van der Waals surface area contributed by atoms with Gasteiger partial charge in [-0.15, -0.1) is 10.8 Å². The van der Waals surface area contributed by atoms with Gasteiger partial charge in [0, 0.05) is 18.3 Å². The molecule has 33 heavy (non-hydrogen) atoms. The van der Waals surface area contributed by atoms with Gasteiger partial charge in [-0.3, -0.25) is 9.11 Å². The summed E-state index contributed by atoms with van der Waals surface area (Å²) in [4.78, 5) is 13.5. The van der Waals surface area contributed by atoms with Crippen LogP contribution in [-0.4, -0.2) is 38.9 Å². The van der Waals surface area contributed by atoms with E-state index in [9.17, 15) is 13.9 Å². The van der Waals surface area contributed by atoms with Crippen LogP contribution in [0.3, 0.4) is 0 Å². The molecule has 0 spiro atoms. The molecule has 2 aromatic rings. The molecule has 4 N–H and O–H groups in total. The molecule has 0 amide bonds. The van der Waals surface area contributed by atoms with Crippen molar-refractivity contribution in [1.29, 1.82) is 0 Å². The van der Waals surface area contributed by atoms with E-state index < -0.39 is 28.9 Å². The molecule has 0 aliphatic carbocycles. The van der Waals surface area contributed by atoms with Crippen LogP contribution in [0.4, 0.5) is 11.4 Å². The third kappa shape index (κ3) is 6.00. The van der Waals surface area contributed by atoms with Crippen molar-refractivity contribution in [3.8, 4) is 5.75 Å². The molecule has 2 aromatic carbocycles. The fourth-order valence-electron chi connectivity index (χ4n) is 4.42. The molecular weight excluding hydrogens is 440 g/mol. The van der Waals surface area contributed by atoms with Gasteiger partial charge in [0.05, 0.1) is 11.2 Å². The fourth-order valence-corrected chi connectivity index (χ4v) is 6.13. The van der Waals surface area contributed by atoms with Crippen LogP contribution in [-0.2, 0) is 4.79 Å².